The largest absolute Gasteiger partial charge is 0.490 e. The van der Waals surface area contributed by atoms with Gasteiger partial charge in [0.1, 0.15) is 17.7 Å². The van der Waals surface area contributed by atoms with Crippen molar-refractivity contribution < 1.29 is 17.5 Å². The number of benzene rings is 2. The molecule has 5 nitrogen and oxygen atoms in total. The zero-order chi connectivity index (χ0) is 18.3. The van der Waals surface area contributed by atoms with Crippen LogP contribution in [0.3, 0.4) is 0 Å². The first-order valence-electron chi connectivity index (χ1n) is 8.73. The Morgan fingerprint density at radius 1 is 1.23 bits per heavy atom. The minimum absolute atomic E-state index is 0.0576. The molecule has 2 heterocycles. The van der Waals surface area contributed by atoms with Crippen LogP contribution in [-0.4, -0.2) is 38.5 Å². The van der Waals surface area contributed by atoms with Gasteiger partial charge in [0.05, 0.1) is 10.9 Å². The average Bonchev–Trinajstić information content (AvgIpc) is 3.01. The Bertz CT molecular complexity index is 932. The highest BCUT2D eigenvalue weighted by molar-refractivity contribution is 7.89. The van der Waals surface area contributed by atoms with Crippen LogP contribution in [0.15, 0.2) is 47.4 Å². The third kappa shape index (κ3) is 3.11. The smallest absolute Gasteiger partial charge is 0.243 e. The minimum Gasteiger partial charge on any atom is -0.490 e. The summed E-state index contributed by atoms with van der Waals surface area (Å²) in [4.78, 5) is 0.261. The van der Waals surface area contributed by atoms with Crippen LogP contribution in [0.1, 0.15) is 24.1 Å². The molecule has 138 valence electrons. The van der Waals surface area contributed by atoms with Crippen molar-refractivity contribution in [3.63, 3.8) is 0 Å². The summed E-state index contributed by atoms with van der Waals surface area (Å²) in [7, 11) is -3.70. The number of nitrogens with one attached hydrogen (secondary N) is 1. The molecule has 2 unspecified atom stereocenters. The zero-order valence-electron chi connectivity index (χ0n) is 14.5. The summed E-state index contributed by atoms with van der Waals surface area (Å²) in [5, 5.41) is 3.21. The fraction of sp³-hybridized carbons (Fsp3) is 0.368. The lowest BCUT2D eigenvalue weighted by molar-refractivity contribution is 0.254. The lowest BCUT2D eigenvalue weighted by atomic mass is 10.1. The van der Waals surface area contributed by atoms with E-state index in [1.54, 1.807) is 30.3 Å². The second-order valence-electron chi connectivity index (χ2n) is 6.79. The van der Waals surface area contributed by atoms with Crippen molar-refractivity contribution in [1.29, 1.82) is 0 Å². The van der Waals surface area contributed by atoms with Crippen LogP contribution >= 0.6 is 0 Å². The van der Waals surface area contributed by atoms with E-state index in [1.165, 1.54) is 16.4 Å². The van der Waals surface area contributed by atoms with E-state index in [9.17, 15) is 12.8 Å². The maximum atomic E-state index is 13.7. The first-order chi connectivity index (χ1) is 12.4. The molecule has 0 spiro atoms. The van der Waals surface area contributed by atoms with Gasteiger partial charge in [-0.15, -0.1) is 0 Å². The maximum Gasteiger partial charge on any atom is 0.243 e. The second kappa shape index (κ2) is 6.64. The first-order valence-corrected chi connectivity index (χ1v) is 10.2. The summed E-state index contributed by atoms with van der Waals surface area (Å²) in [5.74, 6) is 0.382. The van der Waals surface area contributed by atoms with Gasteiger partial charge in [0, 0.05) is 26.1 Å². The summed E-state index contributed by atoms with van der Waals surface area (Å²) >= 11 is 0. The molecular formula is C19H21FN2O3S. The molecule has 7 heteroatoms. The van der Waals surface area contributed by atoms with E-state index in [4.69, 9.17) is 4.74 Å². The fourth-order valence-electron chi connectivity index (χ4n) is 3.67. The van der Waals surface area contributed by atoms with Crippen LogP contribution in [-0.2, 0) is 16.4 Å². The highest BCUT2D eigenvalue weighted by Crippen LogP contribution is 2.34. The second-order valence-corrected chi connectivity index (χ2v) is 8.68. The molecular weight excluding hydrogens is 355 g/mol. The fourth-order valence-corrected chi connectivity index (χ4v) is 5.33. The molecule has 0 aromatic heterocycles. The van der Waals surface area contributed by atoms with Gasteiger partial charge in [-0.1, -0.05) is 12.1 Å². The molecule has 4 rings (SSSR count). The van der Waals surface area contributed by atoms with E-state index >= 15 is 0 Å². The molecule has 0 saturated carbocycles. The van der Waals surface area contributed by atoms with Crippen LogP contribution in [0.4, 0.5) is 4.39 Å². The van der Waals surface area contributed by atoms with Gasteiger partial charge in [-0.25, -0.2) is 12.8 Å². The van der Waals surface area contributed by atoms with Gasteiger partial charge in [0.25, 0.3) is 0 Å². The number of nitrogens with zero attached hydrogens (tertiary/aromatic N) is 1. The number of hydrogen-bond donors (Lipinski definition) is 1. The Labute approximate surface area is 152 Å². The molecule has 0 aliphatic carbocycles. The van der Waals surface area contributed by atoms with Crippen molar-refractivity contribution in [2.45, 2.75) is 30.4 Å². The molecule has 0 amide bonds. The third-order valence-corrected chi connectivity index (χ3v) is 6.81. The maximum absolute atomic E-state index is 13.7. The Kier molecular flexibility index (Phi) is 4.46. The van der Waals surface area contributed by atoms with E-state index < -0.39 is 16.1 Å². The molecule has 1 saturated heterocycles. The normalized spacial score (nSPS) is 23.5. The van der Waals surface area contributed by atoms with E-state index in [0.717, 1.165) is 11.3 Å². The van der Waals surface area contributed by atoms with Gasteiger partial charge in [-0.05, 0) is 48.4 Å². The number of piperazine rings is 1. The summed E-state index contributed by atoms with van der Waals surface area (Å²) in [5.41, 5.74) is 1.56. The van der Waals surface area contributed by atoms with Crippen molar-refractivity contribution in [3.05, 3.63) is 59.4 Å². The van der Waals surface area contributed by atoms with Gasteiger partial charge >= 0.3 is 0 Å². The topological polar surface area (TPSA) is 58.6 Å². The van der Waals surface area contributed by atoms with Crippen LogP contribution < -0.4 is 10.1 Å². The lowest BCUT2D eigenvalue weighted by Crippen LogP contribution is -2.48. The number of fused-ring (bicyclic) bond motifs is 1. The Balaban J connectivity index is 1.70. The highest BCUT2D eigenvalue weighted by atomic mass is 32.2. The minimum atomic E-state index is -3.70. The predicted octanol–water partition coefficient (Wildman–Crippen LogP) is 2.48. The lowest BCUT2D eigenvalue weighted by Gasteiger charge is -2.35. The Morgan fingerprint density at radius 3 is 2.88 bits per heavy atom. The molecule has 26 heavy (non-hydrogen) atoms. The number of rotatable bonds is 3. The average molecular weight is 376 g/mol. The standard InChI is InChI=1S/C19H21FN2O3S/c1-13-9-15-11-17(5-6-19(15)25-13)26(23,24)22-8-7-21-12-18(22)14-3-2-4-16(20)10-14/h2-6,10-11,13,18,21H,7-9,12H2,1H3. The molecule has 2 atom stereocenters. The van der Waals surface area contributed by atoms with E-state index in [1.807, 2.05) is 6.92 Å². The van der Waals surface area contributed by atoms with E-state index in [2.05, 4.69) is 5.32 Å². The molecule has 1 fully saturated rings. The summed E-state index contributed by atoms with van der Waals surface area (Å²) in [6.07, 6.45) is 0.760. The Morgan fingerprint density at radius 2 is 2.08 bits per heavy atom. The van der Waals surface area contributed by atoms with Crippen LogP contribution in [0.2, 0.25) is 0 Å². The van der Waals surface area contributed by atoms with Crippen molar-refractivity contribution in [2.75, 3.05) is 19.6 Å². The summed E-state index contributed by atoms with van der Waals surface area (Å²) < 4.78 is 47.4. The number of hydrogen-bond acceptors (Lipinski definition) is 4. The molecule has 1 N–H and O–H groups in total. The van der Waals surface area contributed by atoms with Crippen molar-refractivity contribution in [1.82, 2.24) is 9.62 Å². The number of sulfonamides is 1. The van der Waals surface area contributed by atoms with E-state index in [0.29, 0.717) is 31.6 Å². The molecule has 2 aliphatic heterocycles. The monoisotopic (exact) mass is 376 g/mol. The molecule has 0 bridgehead atoms. The van der Waals surface area contributed by atoms with Gasteiger partial charge in [-0.2, -0.15) is 4.31 Å². The van der Waals surface area contributed by atoms with Crippen molar-refractivity contribution in [2.24, 2.45) is 0 Å². The third-order valence-electron chi connectivity index (χ3n) is 4.90. The predicted molar refractivity (Wildman–Crippen MR) is 96.1 cm³/mol. The van der Waals surface area contributed by atoms with Gasteiger partial charge in [0.15, 0.2) is 0 Å². The van der Waals surface area contributed by atoms with Gasteiger partial charge in [-0.3, -0.25) is 0 Å². The molecule has 2 aliphatic rings. The number of ether oxygens (including phenoxy) is 1. The number of halogens is 1. The van der Waals surface area contributed by atoms with Crippen LogP contribution in [0.25, 0.3) is 0 Å². The summed E-state index contributed by atoms with van der Waals surface area (Å²) in [6.45, 7) is 3.32. The SMILES string of the molecule is CC1Cc2cc(S(=O)(=O)N3CCNCC3c3cccc(F)c3)ccc2O1. The highest BCUT2D eigenvalue weighted by Gasteiger charge is 2.35. The van der Waals surface area contributed by atoms with E-state index in [-0.39, 0.29) is 16.8 Å². The van der Waals surface area contributed by atoms with Crippen LogP contribution in [0, 0.1) is 5.82 Å². The Hall–Kier alpha value is -1.96. The quantitative estimate of drug-likeness (QED) is 0.894. The van der Waals surface area contributed by atoms with Crippen molar-refractivity contribution in [3.8, 4) is 5.75 Å². The molecule has 2 aromatic carbocycles. The first kappa shape index (κ1) is 17.5. The van der Waals surface area contributed by atoms with Gasteiger partial charge < -0.3 is 10.1 Å². The zero-order valence-corrected chi connectivity index (χ0v) is 15.3. The van der Waals surface area contributed by atoms with Crippen molar-refractivity contribution >= 4 is 10.0 Å². The molecule has 2 aromatic rings. The van der Waals surface area contributed by atoms with Crippen LogP contribution in [0.5, 0.6) is 5.75 Å². The molecule has 0 radical (unpaired) electrons. The van der Waals surface area contributed by atoms with Gasteiger partial charge in [0.2, 0.25) is 10.0 Å². The summed E-state index contributed by atoms with van der Waals surface area (Å²) in [6, 6.07) is 10.7.